The second kappa shape index (κ2) is 2.33. The van der Waals surface area contributed by atoms with Crippen LogP contribution >= 0.6 is 0 Å². The van der Waals surface area contributed by atoms with Crippen LogP contribution in [0.3, 0.4) is 0 Å². The topological polar surface area (TPSA) is 17.3 Å². The molecule has 2 aromatic heterocycles. The number of benzene rings is 1. The van der Waals surface area contributed by atoms with Gasteiger partial charge in [0, 0.05) is 6.20 Å². The van der Waals surface area contributed by atoms with E-state index in [1.807, 2.05) is 23.0 Å². The second-order valence-electron chi connectivity index (χ2n) is 3.13. The van der Waals surface area contributed by atoms with Crippen molar-refractivity contribution in [1.82, 2.24) is 9.38 Å². The molecule has 3 aromatic rings. The Morgan fingerprint density at radius 3 is 2.85 bits per heavy atom. The van der Waals surface area contributed by atoms with Crippen molar-refractivity contribution in [3.05, 3.63) is 49.1 Å². The Morgan fingerprint density at radius 2 is 1.92 bits per heavy atom. The van der Waals surface area contributed by atoms with Crippen LogP contribution in [0, 0.1) is 0 Å². The fraction of sp³-hybridized carbons (Fsp3) is 0. The number of pyridine rings is 1. The van der Waals surface area contributed by atoms with E-state index >= 15 is 0 Å². The van der Waals surface area contributed by atoms with Crippen molar-refractivity contribution in [2.24, 2.45) is 0 Å². The Labute approximate surface area is 75.5 Å². The van der Waals surface area contributed by atoms with Gasteiger partial charge in [0.15, 0.2) is 0 Å². The van der Waals surface area contributed by atoms with E-state index in [4.69, 9.17) is 0 Å². The highest BCUT2D eigenvalue weighted by molar-refractivity contribution is 5.85. The van der Waals surface area contributed by atoms with Crippen LogP contribution in [0.1, 0.15) is 0 Å². The van der Waals surface area contributed by atoms with E-state index in [2.05, 4.69) is 35.4 Å². The van der Waals surface area contributed by atoms with E-state index in [1.54, 1.807) is 0 Å². The van der Waals surface area contributed by atoms with Crippen LogP contribution in [-0.4, -0.2) is 9.38 Å². The first-order valence-corrected chi connectivity index (χ1v) is 4.24. The van der Waals surface area contributed by atoms with Gasteiger partial charge in [0.05, 0.1) is 18.0 Å². The van der Waals surface area contributed by atoms with E-state index in [0.717, 1.165) is 5.52 Å². The van der Waals surface area contributed by atoms with Gasteiger partial charge in [0.2, 0.25) is 0 Å². The first-order valence-electron chi connectivity index (χ1n) is 4.24. The Bertz CT molecular complexity index is 517. The summed E-state index contributed by atoms with van der Waals surface area (Å²) in [6, 6.07) is 10.5. The number of rotatable bonds is 0. The van der Waals surface area contributed by atoms with E-state index < -0.39 is 0 Å². The van der Waals surface area contributed by atoms with Crippen LogP contribution < -0.4 is 0 Å². The molecule has 2 nitrogen and oxygen atoms in total. The van der Waals surface area contributed by atoms with Gasteiger partial charge in [0.25, 0.3) is 0 Å². The summed E-state index contributed by atoms with van der Waals surface area (Å²) in [5.74, 6) is 0. The van der Waals surface area contributed by atoms with Crippen LogP contribution in [0.2, 0.25) is 0 Å². The van der Waals surface area contributed by atoms with Gasteiger partial charge in [-0.3, -0.25) is 0 Å². The lowest BCUT2D eigenvalue weighted by Gasteiger charge is -1.98. The third kappa shape index (κ3) is 0.920. The Morgan fingerprint density at radius 1 is 1.08 bits per heavy atom. The molecule has 0 aliphatic heterocycles. The lowest BCUT2D eigenvalue weighted by atomic mass is 10.2. The molecule has 0 spiro atoms. The molecule has 0 fully saturated rings. The first-order chi connectivity index (χ1) is 6.43. The van der Waals surface area contributed by atoms with Crippen molar-refractivity contribution < 1.29 is 0 Å². The lowest BCUT2D eigenvalue weighted by molar-refractivity contribution is 1.17. The molecular formula is C11H8N2. The summed E-state index contributed by atoms with van der Waals surface area (Å²) in [5, 5.41) is 2.50. The third-order valence-corrected chi connectivity index (χ3v) is 2.27. The van der Waals surface area contributed by atoms with Gasteiger partial charge in [-0.25, -0.2) is 4.98 Å². The summed E-state index contributed by atoms with van der Waals surface area (Å²) < 4.78 is 2.03. The summed E-state index contributed by atoms with van der Waals surface area (Å²) in [6.45, 7) is 0. The lowest BCUT2D eigenvalue weighted by Crippen LogP contribution is -1.81. The molecule has 0 N–H and O–H groups in total. The molecule has 2 heterocycles. The molecule has 2 heteroatoms. The molecule has 3 rings (SSSR count). The minimum Gasteiger partial charge on any atom is -0.306 e. The predicted molar refractivity (Wildman–Crippen MR) is 52.7 cm³/mol. The van der Waals surface area contributed by atoms with E-state index in [1.165, 1.54) is 10.8 Å². The first kappa shape index (κ1) is 6.66. The molecule has 0 aliphatic carbocycles. The van der Waals surface area contributed by atoms with Crippen molar-refractivity contribution in [2.45, 2.75) is 0 Å². The largest absolute Gasteiger partial charge is 0.306 e. The fourth-order valence-electron chi connectivity index (χ4n) is 1.60. The highest BCUT2D eigenvalue weighted by Gasteiger charge is 1.95. The van der Waals surface area contributed by atoms with Gasteiger partial charge in [0.1, 0.15) is 0 Å². The van der Waals surface area contributed by atoms with E-state index in [0.29, 0.717) is 0 Å². The molecular weight excluding hydrogens is 160 g/mol. The summed E-state index contributed by atoms with van der Waals surface area (Å²) in [4.78, 5) is 4.09. The number of imidazole rings is 1. The van der Waals surface area contributed by atoms with Gasteiger partial charge >= 0.3 is 0 Å². The maximum atomic E-state index is 4.09. The monoisotopic (exact) mass is 168 g/mol. The van der Waals surface area contributed by atoms with Gasteiger partial charge in [-0.05, 0) is 16.8 Å². The summed E-state index contributed by atoms with van der Waals surface area (Å²) in [5.41, 5.74) is 1.14. The molecule has 0 bridgehead atoms. The molecule has 0 radical (unpaired) electrons. The molecule has 1 aromatic carbocycles. The van der Waals surface area contributed by atoms with E-state index in [9.17, 15) is 0 Å². The van der Waals surface area contributed by atoms with Gasteiger partial charge in [-0.15, -0.1) is 0 Å². The molecule has 0 unspecified atom stereocenters. The van der Waals surface area contributed by atoms with Crippen molar-refractivity contribution >= 4 is 16.3 Å². The minimum atomic E-state index is 1.14. The zero-order valence-electron chi connectivity index (χ0n) is 7.01. The average Bonchev–Trinajstić information content (AvgIpc) is 2.61. The normalized spacial score (nSPS) is 11.1. The van der Waals surface area contributed by atoms with Crippen molar-refractivity contribution in [3.63, 3.8) is 0 Å². The Kier molecular flexibility index (Phi) is 1.19. The molecule has 0 saturated carbocycles. The fourth-order valence-corrected chi connectivity index (χ4v) is 1.60. The predicted octanol–water partition coefficient (Wildman–Crippen LogP) is 2.49. The maximum Gasteiger partial charge on any atom is 0.0992 e. The van der Waals surface area contributed by atoms with Gasteiger partial charge < -0.3 is 4.40 Å². The summed E-state index contributed by atoms with van der Waals surface area (Å²) in [7, 11) is 0. The zero-order valence-corrected chi connectivity index (χ0v) is 7.01. The van der Waals surface area contributed by atoms with Crippen molar-refractivity contribution in [2.75, 3.05) is 0 Å². The quantitative estimate of drug-likeness (QED) is 0.504. The highest BCUT2D eigenvalue weighted by Crippen LogP contribution is 2.15. The SMILES string of the molecule is c1ccc2cn3cncc3cc2c1. The van der Waals surface area contributed by atoms with Gasteiger partial charge in [-0.1, -0.05) is 24.3 Å². The number of hydrogen-bond donors (Lipinski definition) is 0. The standard InChI is InChI=1S/C11H8N2/c1-2-4-10-7-13-8-12-6-11(13)5-9(10)3-1/h1-8H. The summed E-state index contributed by atoms with van der Waals surface area (Å²) >= 11 is 0. The number of aromatic nitrogens is 2. The van der Waals surface area contributed by atoms with Crippen LogP contribution in [0.5, 0.6) is 0 Å². The smallest absolute Gasteiger partial charge is 0.0992 e. The summed E-state index contributed by atoms with van der Waals surface area (Å²) in [6.07, 6.45) is 5.78. The van der Waals surface area contributed by atoms with Crippen LogP contribution in [0.15, 0.2) is 49.1 Å². The molecule has 0 atom stereocenters. The number of fused-ring (bicyclic) bond motifs is 2. The molecule has 0 amide bonds. The maximum absolute atomic E-state index is 4.09. The third-order valence-electron chi connectivity index (χ3n) is 2.27. The Balaban J connectivity index is 2.57. The molecule has 13 heavy (non-hydrogen) atoms. The molecule has 0 saturated heterocycles. The van der Waals surface area contributed by atoms with Gasteiger partial charge in [-0.2, -0.15) is 0 Å². The molecule has 0 aliphatic rings. The van der Waals surface area contributed by atoms with Crippen molar-refractivity contribution in [1.29, 1.82) is 0 Å². The number of nitrogens with zero attached hydrogens (tertiary/aromatic N) is 2. The highest BCUT2D eigenvalue weighted by atomic mass is 15.0. The average molecular weight is 168 g/mol. The minimum absolute atomic E-state index is 1.14. The zero-order chi connectivity index (χ0) is 8.67. The Hall–Kier alpha value is -1.83. The van der Waals surface area contributed by atoms with E-state index in [-0.39, 0.29) is 0 Å². The van der Waals surface area contributed by atoms with Crippen LogP contribution in [0.4, 0.5) is 0 Å². The van der Waals surface area contributed by atoms with Crippen molar-refractivity contribution in [3.8, 4) is 0 Å². The number of hydrogen-bond acceptors (Lipinski definition) is 1. The van der Waals surface area contributed by atoms with Crippen LogP contribution in [0.25, 0.3) is 16.3 Å². The second-order valence-corrected chi connectivity index (χ2v) is 3.13. The molecule has 62 valence electrons. The van der Waals surface area contributed by atoms with Crippen LogP contribution in [-0.2, 0) is 0 Å².